The molecular formula is C23H30FN5O3. The number of hydrogen-bond donors (Lipinski definition) is 1. The maximum absolute atomic E-state index is 15.4. The summed E-state index contributed by atoms with van der Waals surface area (Å²) in [4.78, 5) is 31.6. The Balaban J connectivity index is 1.75. The molecule has 1 aliphatic heterocycles. The summed E-state index contributed by atoms with van der Waals surface area (Å²) in [6, 6.07) is 3.42. The molecule has 1 atom stereocenters. The average Bonchev–Trinajstić information content (AvgIpc) is 3.52. The summed E-state index contributed by atoms with van der Waals surface area (Å²) >= 11 is 0. The molecule has 1 aromatic carbocycles. The van der Waals surface area contributed by atoms with Gasteiger partial charge in [0, 0.05) is 38.6 Å². The van der Waals surface area contributed by atoms with Crippen LogP contribution in [0.15, 0.2) is 15.7 Å². The number of nitriles is 1. The van der Waals surface area contributed by atoms with E-state index >= 15 is 4.39 Å². The summed E-state index contributed by atoms with van der Waals surface area (Å²) in [6.45, 7) is 7.89. The average molecular weight is 444 g/mol. The normalized spacial score (nSPS) is 20.8. The molecule has 4 rings (SSSR count). The van der Waals surface area contributed by atoms with E-state index in [1.54, 1.807) is 4.57 Å². The van der Waals surface area contributed by atoms with Crippen LogP contribution in [0.4, 0.5) is 10.1 Å². The number of anilines is 1. The number of ether oxygens (including phenoxy) is 1. The molecule has 0 bridgehead atoms. The van der Waals surface area contributed by atoms with Crippen molar-refractivity contribution in [1.29, 1.82) is 5.26 Å². The quantitative estimate of drug-likeness (QED) is 0.674. The lowest BCUT2D eigenvalue weighted by Gasteiger charge is -2.32. The summed E-state index contributed by atoms with van der Waals surface area (Å²) in [5.74, 6) is -0.280. The van der Waals surface area contributed by atoms with Crippen LogP contribution in [0.3, 0.4) is 0 Å². The van der Waals surface area contributed by atoms with Crippen molar-refractivity contribution in [2.45, 2.75) is 45.6 Å². The van der Waals surface area contributed by atoms with Gasteiger partial charge < -0.3 is 14.5 Å². The van der Waals surface area contributed by atoms with Crippen LogP contribution in [0.2, 0.25) is 0 Å². The second-order valence-electron chi connectivity index (χ2n) is 9.26. The Morgan fingerprint density at radius 2 is 2.16 bits per heavy atom. The number of aromatic nitrogens is 2. The summed E-state index contributed by atoms with van der Waals surface area (Å²) < 4.78 is 22.6. The Hall–Kier alpha value is -2.86. The van der Waals surface area contributed by atoms with Crippen LogP contribution in [0.1, 0.15) is 45.6 Å². The zero-order valence-electron chi connectivity index (χ0n) is 18.9. The molecule has 1 unspecified atom stereocenters. The maximum atomic E-state index is 15.4. The van der Waals surface area contributed by atoms with Gasteiger partial charge in [-0.3, -0.25) is 14.3 Å². The summed E-state index contributed by atoms with van der Waals surface area (Å²) in [5.41, 5.74) is -0.486. The van der Waals surface area contributed by atoms with Crippen molar-refractivity contribution in [3.05, 3.63) is 32.7 Å². The van der Waals surface area contributed by atoms with Gasteiger partial charge >= 0.3 is 5.69 Å². The molecule has 172 valence electrons. The highest BCUT2D eigenvalue weighted by atomic mass is 19.1. The molecule has 1 saturated heterocycles. The van der Waals surface area contributed by atoms with Gasteiger partial charge in [-0.1, -0.05) is 13.8 Å². The highest BCUT2D eigenvalue weighted by molar-refractivity contribution is 5.91. The molecule has 2 heterocycles. The van der Waals surface area contributed by atoms with Gasteiger partial charge in [-0.2, -0.15) is 5.26 Å². The number of aromatic amines is 1. The van der Waals surface area contributed by atoms with Crippen LogP contribution in [0.5, 0.6) is 5.75 Å². The lowest BCUT2D eigenvalue weighted by molar-refractivity contribution is 0.189. The zero-order chi connectivity index (χ0) is 23.0. The van der Waals surface area contributed by atoms with E-state index in [9.17, 15) is 9.59 Å². The first-order chi connectivity index (χ1) is 15.3. The van der Waals surface area contributed by atoms with E-state index in [0.717, 1.165) is 32.4 Å². The number of benzene rings is 1. The largest absolute Gasteiger partial charge is 0.492 e. The highest BCUT2D eigenvalue weighted by Gasteiger charge is 2.38. The summed E-state index contributed by atoms with van der Waals surface area (Å²) in [5, 5.41) is 9.05. The third kappa shape index (κ3) is 3.99. The molecule has 8 nitrogen and oxygen atoms in total. The molecule has 2 aliphatic rings. The molecule has 9 heteroatoms. The van der Waals surface area contributed by atoms with E-state index in [4.69, 9.17) is 10.00 Å². The molecule has 32 heavy (non-hydrogen) atoms. The highest BCUT2D eigenvalue weighted by Crippen LogP contribution is 2.45. The van der Waals surface area contributed by atoms with Crippen molar-refractivity contribution in [3.8, 4) is 11.8 Å². The molecule has 1 N–H and O–H groups in total. The van der Waals surface area contributed by atoms with Gasteiger partial charge in [-0.25, -0.2) is 9.18 Å². The smallest absolute Gasteiger partial charge is 0.329 e. The fourth-order valence-corrected chi connectivity index (χ4v) is 4.95. The van der Waals surface area contributed by atoms with E-state index in [0.29, 0.717) is 37.3 Å². The fourth-order valence-electron chi connectivity index (χ4n) is 4.95. The van der Waals surface area contributed by atoms with Gasteiger partial charge in [0.05, 0.1) is 18.6 Å². The third-order valence-corrected chi connectivity index (χ3v) is 6.69. The fraction of sp³-hybridized carbons (Fsp3) is 0.609. The maximum Gasteiger partial charge on any atom is 0.329 e. The molecule has 1 saturated carbocycles. The van der Waals surface area contributed by atoms with Crippen LogP contribution in [-0.2, 0) is 0 Å². The van der Waals surface area contributed by atoms with E-state index in [1.165, 1.54) is 13.2 Å². The van der Waals surface area contributed by atoms with E-state index in [1.807, 2.05) is 4.90 Å². The van der Waals surface area contributed by atoms with Crippen LogP contribution in [-0.4, -0.2) is 54.3 Å². The third-order valence-electron chi connectivity index (χ3n) is 6.69. The van der Waals surface area contributed by atoms with Gasteiger partial charge in [-0.15, -0.1) is 0 Å². The minimum Gasteiger partial charge on any atom is -0.492 e. The number of H-pyrrole nitrogens is 1. The lowest BCUT2D eigenvalue weighted by Crippen LogP contribution is -2.38. The van der Waals surface area contributed by atoms with Gasteiger partial charge in [-0.05, 0) is 37.3 Å². The van der Waals surface area contributed by atoms with Gasteiger partial charge in [0.25, 0.3) is 5.56 Å². The SMILES string of the molecule is CCN(CCC#N)CC1(C)CCN(c2c(F)cc3c(=O)[nH]c(=O)n(C4CC4)c3c2OC)C1. The lowest BCUT2D eigenvalue weighted by atomic mass is 9.89. The Labute approximate surface area is 186 Å². The van der Waals surface area contributed by atoms with Gasteiger partial charge in [0.2, 0.25) is 0 Å². The molecule has 1 aromatic heterocycles. The number of hydrogen-bond acceptors (Lipinski definition) is 6. The van der Waals surface area contributed by atoms with Gasteiger partial charge in [0.1, 0.15) is 11.2 Å². The Kier molecular flexibility index (Phi) is 5.99. The molecule has 2 fully saturated rings. The monoisotopic (exact) mass is 443 g/mol. The topological polar surface area (TPSA) is 94.4 Å². The Morgan fingerprint density at radius 1 is 1.41 bits per heavy atom. The van der Waals surface area contributed by atoms with Crippen molar-refractivity contribution in [2.75, 3.05) is 44.7 Å². The molecular weight excluding hydrogens is 413 g/mol. The first-order valence-corrected chi connectivity index (χ1v) is 11.2. The second-order valence-corrected chi connectivity index (χ2v) is 9.26. The van der Waals surface area contributed by atoms with Crippen molar-refractivity contribution in [1.82, 2.24) is 14.5 Å². The number of rotatable bonds is 8. The summed E-state index contributed by atoms with van der Waals surface area (Å²) in [7, 11) is 1.45. The van der Waals surface area contributed by atoms with E-state index in [-0.39, 0.29) is 22.6 Å². The van der Waals surface area contributed by atoms with Crippen LogP contribution in [0.25, 0.3) is 10.9 Å². The van der Waals surface area contributed by atoms with E-state index in [2.05, 4.69) is 29.8 Å². The second kappa shape index (κ2) is 8.58. The first kappa shape index (κ1) is 22.3. The number of nitrogens with one attached hydrogen (secondary N) is 1. The van der Waals surface area contributed by atoms with E-state index < -0.39 is 17.1 Å². The number of methoxy groups -OCH3 is 1. The van der Waals surface area contributed by atoms with Crippen LogP contribution < -0.4 is 20.9 Å². The predicted molar refractivity (Wildman–Crippen MR) is 121 cm³/mol. The van der Waals surface area contributed by atoms with Gasteiger partial charge in [0.15, 0.2) is 11.6 Å². The van der Waals surface area contributed by atoms with Crippen molar-refractivity contribution in [2.24, 2.45) is 5.41 Å². The molecule has 1 aliphatic carbocycles. The first-order valence-electron chi connectivity index (χ1n) is 11.2. The Bertz CT molecular complexity index is 1180. The molecule has 0 radical (unpaired) electrons. The molecule has 2 aromatic rings. The minimum absolute atomic E-state index is 0.00356. The number of nitrogens with zero attached hydrogens (tertiary/aromatic N) is 4. The standard InChI is InChI=1S/C23H30FN5O3/c1-4-27(10-5-9-25)13-23(2)8-11-28(14-23)19-17(24)12-16-18(20(19)32-3)29(15-6-7-15)22(31)26-21(16)30/h12,15H,4-8,10-11,13-14H2,1-3H3,(H,26,30,31). The van der Waals surface area contributed by atoms with Crippen molar-refractivity contribution in [3.63, 3.8) is 0 Å². The zero-order valence-corrected chi connectivity index (χ0v) is 18.9. The number of halogens is 1. The molecule has 0 spiro atoms. The van der Waals surface area contributed by atoms with Crippen molar-refractivity contribution >= 4 is 16.6 Å². The summed E-state index contributed by atoms with van der Waals surface area (Å²) in [6.07, 6.45) is 3.03. The van der Waals surface area contributed by atoms with Crippen LogP contribution >= 0.6 is 0 Å². The van der Waals surface area contributed by atoms with Crippen LogP contribution in [0, 0.1) is 22.6 Å². The van der Waals surface area contributed by atoms with Crippen molar-refractivity contribution < 1.29 is 9.13 Å². The Morgan fingerprint density at radius 3 is 2.78 bits per heavy atom. The minimum atomic E-state index is -0.604. The number of fused-ring (bicyclic) bond motifs is 1. The predicted octanol–water partition coefficient (Wildman–Crippen LogP) is 2.62. The molecule has 0 amide bonds.